The predicted octanol–water partition coefficient (Wildman–Crippen LogP) is 4.18. The quantitative estimate of drug-likeness (QED) is 0.240. The molecule has 0 aromatic rings. The molecule has 0 saturated carbocycles. The number of Topliss-reactive ketones (excluding diaryl/α,β-unsaturated/α-hetero) is 1. The summed E-state index contributed by atoms with van der Waals surface area (Å²) in [5, 5.41) is 0. The maximum Gasteiger partial charge on any atom is 0.302 e. The summed E-state index contributed by atoms with van der Waals surface area (Å²) in [5.41, 5.74) is 0. The predicted molar refractivity (Wildman–Crippen MR) is 128 cm³/mol. The molecule has 0 bridgehead atoms. The van der Waals surface area contributed by atoms with E-state index in [4.69, 9.17) is 18.9 Å². The molecular weight excluding hydrogens is 438 g/mol. The van der Waals surface area contributed by atoms with Crippen molar-refractivity contribution in [2.24, 2.45) is 0 Å². The zero-order valence-corrected chi connectivity index (χ0v) is 21.8. The Bertz CT molecular complexity index is 666. The number of nitrogens with zero attached hydrogens (tertiary/aromatic N) is 1. The number of unbranched alkanes of at least 4 members (excludes halogenated alkanes) is 6. The number of fused-ring (bicyclic) bond motifs is 1. The van der Waals surface area contributed by atoms with Crippen molar-refractivity contribution < 1.29 is 33.3 Å². The standard InChI is InChI=1S/C26H45NO7/c1-19(28)27-22(24-25(34-26(3,4)33-24)23(27)18-32-20(2)29)16-12-10-8-6-7-9-11-14-21(30)15-13-17-31-5/h22-25H,6-18H2,1-5H3/t22-,23-,24-,25+/m1/s1. The summed E-state index contributed by atoms with van der Waals surface area (Å²) >= 11 is 0. The maximum absolute atomic E-state index is 12.5. The van der Waals surface area contributed by atoms with Crippen LogP contribution in [0.1, 0.15) is 98.3 Å². The molecule has 4 atom stereocenters. The number of ether oxygens (including phenoxy) is 4. The maximum atomic E-state index is 12.5. The number of amides is 1. The Kier molecular flexibility index (Phi) is 12.0. The van der Waals surface area contributed by atoms with Crippen molar-refractivity contribution in [1.82, 2.24) is 4.90 Å². The molecule has 8 heteroatoms. The summed E-state index contributed by atoms with van der Waals surface area (Å²) in [6.07, 6.45) is 10.1. The molecule has 2 fully saturated rings. The zero-order chi connectivity index (χ0) is 25.1. The van der Waals surface area contributed by atoms with E-state index in [1.807, 2.05) is 18.7 Å². The van der Waals surface area contributed by atoms with Crippen molar-refractivity contribution in [3.63, 3.8) is 0 Å². The molecule has 0 spiro atoms. The molecule has 2 heterocycles. The number of methoxy groups -OCH3 is 1. The van der Waals surface area contributed by atoms with Crippen LogP contribution < -0.4 is 0 Å². The molecular formula is C26H45NO7. The Labute approximate surface area is 205 Å². The van der Waals surface area contributed by atoms with Crippen LogP contribution in [0.15, 0.2) is 0 Å². The number of carbonyl (C=O) groups is 3. The van der Waals surface area contributed by atoms with Crippen LogP contribution >= 0.6 is 0 Å². The van der Waals surface area contributed by atoms with Crippen molar-refractivity contribution in [2.45, 2.75) is 128 Å². The highest BCUT2D eigenvalue weighted by Crippen LogP contribution is 2.42. The molecule has 0 aromatic heterocycles. The average molecular weight is 484 g/mol. The summed E-state index contributed by atoms with van der Waals surface area (Å²) < 4.78 is 22.5. The second kappa shape index (κ2) is 14.1. The Balaban J connectivity index is 1.71. The number of ketones is 1. The molecule has 0 radical (unpaired) electrons. The Hall–Kier alpha value is -1.51. The largest absolute Gasteiger partial charge is 0.464 e. The van der Waals surface area contributed by atoms with Gasteiger partial charge in [0.1, 0.15) is 24.6 Å². The van der Waals surface area contributed by atoms with E-state index in [2.05, 4.69) is 0 Å². The Morgan fingerprint density at radius 3 is 1.97 bits per heavy atom. The molecule has 2 saturated heterocycles. The van der Waals surface area contributed by atoms with Crippen molar-refractivity contribution >= 4 is 17.7 Å². The van der Waals surface area contributed by atoms with Crippen LogP contribution in [0, 0.1) is 0 Å². The van der Waals surface area contributed by atoms with E-state index in [9.17, 15) is 14.4 Å². The number of carbonyl (C=O) groups excluding carboxylic acids is 3. The van der Waals surface area contributed by atoms with Gasteiger partial charge in [0, 0.05) is 40.4 Å². The van der Waals surface area contributed by atoms with Gasteiger partial charge in [0.15, 0.2) is 5.79 Å². The van der Waals surface area contributed by atoms with Gasteiger partial charge in [0.2, 0.25) is 5.91 Å². The van der Waals surface area contributed by atoms with Gasteiger partial charge in [-0.3, -0.25) is 14.4 Å². The highest BCUT2D eigenvalue weighted by Gasteiger charge is 2.58. The lowest BCUT2D eigenvalue weighted by Gasteiger charge is -2.33. The van der Waals surface area contributed by atoms with Crippen LogP contribution in [0.25, 0.3) is 0 Å². The third-order valence-electron chi connectivity index (χ3n) is 6.72. The topological polar surface area (TPSA) is 91.4 Å². The second-order valence-corrected chi connectivity index (χ2v) is 10.1. The normalized spacial score (nSPS) is 25.4. The summed E-state index contributed by atoms with van der Waals surface area (Å²) in [5.74, 6) is -0.776. The monoisotopic (exact) mass is 483 g/mol. The van der Waals surface area contributed by atoms with Gasteiger partial charge in [-0.1, -0.05) is 38.5 Å². The highest BCUT2D eigenvalue weighted by atomic mass is 16.8. The smallest absolute Gasteiger partial charge is 0.302 e. The SMILES string of the molecule is COCCCC(=O)CCCCCCCCC[C@@H]1[C@H]2OC(C)(C)O[C@H]2[C@@H](COC(C)=O)N1C(C)=O. The summed E-state index contributed by atoms with van der Waals surface area (Å²) in [6.45, 7) is 7.48. The van der Waals surface area contributed by atoms with Crippen LogP contribution in [-0.4, -0.2) is 73.0 Å². The lowest BCUT2D eigenvalue weighted by atomic mass is 10.0. The first kappa shape index (κ1) is 28.7. The number of hydrogen-bond donors (Lipinski definition) is 0. The lowest BCUT2D eigenvalue weighted by Crippen LogP contribution is -2.47. The minimum atomic E-state index is -0.712. The van der Waals surface area contributed by atoms with E-state index in [1.165, 1.54) is 6.92 Å². The second-order valence-electron chi connectivity index (χ2n) is 10.1. The van der Waals surface area contributed by atoms with E-state index in [1.54, 1.807) is 14.0 Å². The molecule has 0 N–H and O–H groups in total. The van der Waals surface area contributed by atoms with Crippen molar-refractivity contribution in [3.05, 3.63) is 0 Å². The fourth-order valence-corrected chi connectivity index (χ4v) is 5.22. The van der Waals surface area contributed by atoms with Gasteiger partial charge in [-0.05, 0) is 33.1 Å². The Morgan fingerprint density at radius 2 is 1.38 bits per heavy atom. The van der Waals surface area contributed by atoms with E-state index >= 15 is 0 Å². The first-order chi connectivity index (χ1) is 16.2. The number of hydrogen-bond acceptors (Lipinski definition) is 7. The Morgan fingerprint density at radius 1 is 0.824 bits per heavy atom. The fraction of sp³-hybridized carbons (Fsp3) is 0.885. The molecule has 1 amide bonds. The van der Waals surface area contributed by atoms with Gasteiger partial charge in [-0.25, -0.2) is 0 Å². The molecule has 2 rings (SSSR count). The van der Waals surface area contributed by atoms with Gasteiger partial charge < -0.3 is 23.8 Å². The zero-order valence-electron chi connectivity index (χ0n) is 21.8. The third-order valence-corrected chi connectivity index (χ3v) is 6.72. The molecule has 196 valence electrons. The lowest BCUT2D eigenvalue weighted by molar-refractivity contribution is -0.177. The number of rotatable bonds is 16. The molecule has 0 aliphatic carbocycles. The van der Waals surface area contributed by atoms with Crippen molar-refractivity contribution in [3.8, 4) is 0 Å². The van der Waals surface area contributed by atoms with Gasteiger partial charge in [0.25, 0.3) is 0 Å². The number of likely N-dealkylation sites (tertiary alicyclic amines) is 1. The van der Waals surface area contributed by atoms with E-state index in [-0.39, 0.29) is 42.8 Å². The van der Waals surface area contributed by atoms with Crippen LogP contribution in [0.2, 0.25) is 0 Å². The van der Waals surface area contributed by atoms with E-state index in [0.717, 1.165) is 57.8 Å². The van der Waals surface area contributed by atoms with Gasteiger partial charge in [0.05, 0.1) is 12.1 Å². The average Bonchev–Trinajstić information content (AvgIpc) is 3.21. The van der Waals surface area contributed by atoms with Gasteiger partial charge in [-0.2, -0.15) is 0 Å². The third kappa shape index (κ3) is 8.93. The minimum Gasteiger partial charge on any atom is -0.464 e. The van der Waals surface area contributed by atoms with Gasteiger partial charge >= 0.3 is 5.97 Å². The van der Waals surface area contributed by atoms with Gasteiger partial charge in [-0.15, -0.1) is 0 Å². The molecule has 0 aromatic carbocycles. The van der Waals surface area contributed by atoms with E-state index in [0.29, 0.717) is 25.2 Å². The van der Waals surface area contributed by atoms with Crippen LogP contribution in [-0.2, 0) is 33.3 Å². The molecule has 34 heavy (non-hydrogen) atoms. The first-order valence-electron chi connectivity index (χ1n) is 12.9. The first-order valence-corrected chi connectivity index (χ1v) is 12.9. The van der Waals surface area contributed by atoms with Crippen molar-refractivity contribution in [2.75, 3.05) is 20.3 Å². The number of esters is 1. The molecule has 2 aliphatic rings. The fourth-order valence-electron chi connectivity index (χ4n) is 5.22. The minimum absolute atomic E-state index is 0.0432. The highest BCUT2D eigenvalue weighted by molar-refractivity contribution is 5.78. The van der Waals surface area contributed by atoms with E-state index < -0.39 is 5.79 Å². The van der Waals surface area contributed by atoms with Crippen LogP contribution in [0.5, 0.6) is 0 Å². The summed E-state index contributed by atoms with van der Waals surface area (Å²) in [7, 11) is 1.66. The molecule has 0 unspecified atom stereocenters. The molecule has 8 nitrogen and oxygen atoms in total. The van der Waals surface area contributed by atoms with Crippen LogP contribution in [0.3, 0.4) is 0 Å². The summed E-state index contributed by atoms with van der Waals surface area (Å²) in [6, 6.07) is -0.399. The molecule has 2 aliphatic heterocycles. The van der Waals surface area contributed by atoms with Crippen LogP contribution in [0.4, 0.5) is 0 Å². The summed E-state index contributed by atoms with van der Waals surface area (Å²) in [4.78, 5) is 37.5. The van der Waals surface area contributed by atoms with Crippen molar-refractivity contribution in [1.29, 1.82) is 0 Å².